The van der Waals surface area contributed by atoms with E-state index in [1.165, 1.54) is 0 Å². The maximum Gasteiger partial charge on any atom is 0.341 e. The van der Waals surface area contributed by atoms with E-state index in [1.807, 2.05) is 32.0 Å². The SMILES string of the molecule is CCCCOc1ccccc1C(=O)OCC(C)C. The lowest BCUT2D eigenvalue weighted by molar-refractivity contribution is 0.0454. The van der Waals surface area contributed by atoms with Crippen molar-refractivity contribution in [2.45, 2.75) is 33.6 Å². The quantitative estimate of drug-likeness (QED) is 0.547. The lowest BCUT2D eigenvalue weighted by Crippen LogP contribution is -2.12. The van der Waals surface area contributed by atoms with Gasteiger partial charge in [-0.15, -0.1) is 0 Å². The van der Waals surface area contributed by atoms with E-state index in [1.54, 1.807) is 6.07 Å². The molecular weight excluding hydrogens is 228 g/mol. The van der Waals surface area contributed by atoms with E-state index in [-0.39, 0.29) is 5.97 Å². The number of hydrogen-bond donors (Lipinski definition) is 0. The molecule has 3 nitrogen and oxygen atoms in total. The lowest BCUT2D eigenvalue weighted by Gasteiger charge is -2.11. The number of carbonyl (C=O) groups is 1. The highest BCUT2D eigenvalue weighted by Crippen LogP contribution is 2.19. The normalized spacial score (nSPS) is 10.4. The van der Waals surface area contributed by atoms with Crippen molar-refractivity contribution in [3.63, 3.8) is 0 Å². The van der Waals surface area contributed by atoms with E-state index in [2.05, 4.69) is 6.92 Å². The predicted octanol–water partition coefficient (Wildman–Crippen LogP) is 3.68. The fourth-order valence-corrected chi connectivity index (χ4v) is 1.41. The number of rotatable bonds is 7. The fraction of sp³-hybridized carbons (Fsp3) is 0.533. The number of carbonyl (C=O) groups excluding carboxylic acids is 1. The molecule has 100 valence electrons. The van der Waals surface area contributed by atoms with Gasteiger partial charge in [-0.05, 0) is 24.5 Å². The van der Waals surface area contributed by atoms with Gasteiger partial charge in [0.25, 0.3) is 0 Å². The van der Waals surface area contributed by atoms with Gasteiger partial charge in [0.05, 0.1) is 13.2 Å². The molecule has 0 unspecified atom stereocenters. The summed E-state index contributed by atoms with van der Waals surface area (Å²) in [5.74, 6) is 0.637. The Hall–Kier alpha value is -1.51. The highest BCUT2D eigenvalue weighted by Gasteiger charge is 2.13. The molecule has 0 amide bonds. The van der Waals surface area contributed by atoms with Gasteiger partial charge in [-0.2, -0.15) is 0 Å². The summed E-state index contributed by atoms with van der Waals surface area (Å²) < 4.78 is 10.8. The zero-order valence-corrected chi connectivity index (χ0v) is 11.4. The van der Waals surface area contributed by atoms with Crippen molar-refractivity contribution in [1.82, 2.24) is 0 Å². The molecule has 1 aromatic carbocycles. The van der Waals surface area contributed by atoms with Crippen LogP contribution in [0.5, 0.6) is 5.75 Å². The summed E-state index contributed by atoms with van der Waals surface area (Å²) in [4.78, 5) is 11.9. The molecular formula is C15H22O3. The maximum atomic E-state index is 11.9. The number of benzene rings is 1. The number of esters is 1. The largest absolute Gasteiger partial charge is 0.493 e. The number of para-hydroxylation sites is 1. The first-order valence-corrected chi connectivity index (χ1v) is 6.54. The van der Waals surface area contributed by atoms with Crippen LogP contribution in [0.1, 0.15) is 44.0 Å². The standard InChI is InChI=1S/C15H22O3/c1-4-5-10-17-14-9-7-6-8-13(14)15(16)18-11-12(2)3/h6-9,12H,4-5,10-11H2,1-3H3. The van der Waals surface area contributed by atoms with Crippen LogP contribution in [0.25, 0.3) is 0 Å². The molecule has 3 heteroatoms. The summed E-state index contributed by atoms with van der Waals surface area (Å²) in [6, 6.07) is 7.23. The van der Waals surface area contributed by atoms with E-state index in [9.17, 15) is 4.79 Å². The first-order valence-electron chi connectivity index (χ1n) is 6.54. The Morgan fingerprint density at radius 3 is 2.67 bits per heavy atom. The Morgan fingerprint density at radius 2 is 2.00 bits per heavy atom. The Bertz CT molecular complexity index is 372. The highest BCUT2D eigenvalue weighted by atomic mass is 16.5. The predicted molar refractivity (Wildman–Crippen MR) is 72.0 cm³/mol. The molecule has 0 spiro atoms. The Balaban J connectivity index is 2.65. The summed E-state index contributed by atoms with van der Waals surface area (Å²) in [5.41, 5.74) is 0.509. The van der Waals surface area contributed by atoms with Crippen molar-refractivity contribution in [2.24, 2.45) is 5.92 Å². The van der Waals surface area contributed by atoms with Crippen LogP contribution in [0, 0.1) is 5.92 Å². The van der Waals surface area contributed by atoms with Gasteiger partial charge in [0.1, 0.15) is 11.3 Å². The van der Waals surface area contributed by atoms with Gasteiger partial charge in [-0.3, -0.25) is 0 Å². The number of hydrogen-bond acceptors (Lipinski definition) is 3. The van der Waals surface area contributed by atoms with Crippen LogP contribution in [-0.4, -0.2) is 19.2 Å². The van der Waals surface area contributed by atoms with Crippen LogP contribution in [-0.2, 0) is 4.74 Å². The van der Waals surface area contributed by atoms with Crippen molar-refractivity contribution in [2.75, 3.05) is 13.2 Å². The second-order valence-corrected chi connectivity index (χ2v) is 4.69. The van der Waals surface area contributed by atoms with Crippen molar-refractivity contribution in [1.29, 1.82) is 0 Å². The first-order chi connectivity index (χ1) is 8.65. The second kappa shape index (κ2) is 7.75. The molecule has 0 bridgehead atoms. The smallest absolute Gasteiger partial charge is 0.341 e. The van der Waals surface area contributed by atoms with Gasteiger partial charge in [0.2, 0.25) is 0 Å². The molecule has 0 aliphatic carbocycles. The van der Waals surface area contributed by atoms with Gasteiger partial charge in [0, 0.05) is 0 Å². The van der Waals surface area contributed by atoms with Gasteiger partial charge in [-0.25, -0.2) is 4.79 Å². The van der Waals surface area contributed by atoms with Crippen LogP contribution in [0.2, 0.25) is 0 Å². The van der Waals surface area contributed by atoms with E-state index < -0.39 is 0 Å². The van der Waals surface area contributed by atoms with E-state index in [4.69, 9.17) is 9.47 Å². The third kappa shape index (κ3) is 4.78. The van der Waals surface area contributed by atoms with Crippen molar-refractivity contribution in [3.05, 3.63) is 29.8 Å². The minimum absolute atomic E-state index is 0.309. The fourth-order valence-electron chi connectivity index (χ4n) is 1.41. The van der Waals surface area contributed by atoms with Gasteiger partial charge in [-0.1, -0.05) is 39.3 Å². The average molecular weight is 250 g/mol. The Labute approximate surface area is 109 Å². The molecule has 0 atom stereocenters. The molecule has 18 heavy (non-hydrogen) atoms. The van der Waals surface area contributed by atoms with Crippen molar-refractivity contribution < 1.29 is 14.3 Å². The minimum Gasteiger partial charge on any atom is -0.493 e. The monoisotopic (exact) mass is 250 g/mol. The number of unbranched alkanes of at least 4 members (excludes halogenated alkanes) is 1. The summed E-state index contributed by atoms with van der Waals surface area (Å²) in [5, 5.41) is 0. The van der Waals surface area contributed by atoms with Crippen LogP contribution >= 0.6 is 0 Å². The third-order valence-electron chi connectivity index (χ3n) is 2.41. The molecule has 0 fully saturated rings. The van der Waals surface area contributed by atoms with Crippen LogP contribution in [0.3, 0.4) is 0 Å². The van der Waals surface area contributed by atoms with Gasteiger partial charge < -0.3 is 9.47 Å². The first kappa shape index (κ1) is 14.6. The molecule has 0 aliphatic rings. The lowest BCUT2D eigenvalue weighted by atomic mass is 10.2. The van der Waals surface area contributed by atoms with Gasteiger partial charge >= 0.3 is 5.97 Å². The van der Waals surface area contributed by atoms with Crippen LogP contribution in [0.15, 0.2) is 24.3 Å². The molecule has 0 aromatic heterocycles. The Kier molecular flexibility index (Phi) is 6.26. The molecule has 1 rings (SSSR count). The number of ether oxygens (including phenoxy) is 2. The topological polar surface area (TPSA) is 35.5 Å². The van der Waals surface area contributed by atoms with Gasteiger partial charge in [0.15, 0.2) is 0 Å². The summed E-state index contributed by atoms with van der Waals surface area (Å²) in [7, 11) is 0. The minimum atomic E-state index is -0.309. The summed E-state index contributed by atoms with van der Waals surface area (Å²) in [6.45, 7) is 7.19. The molecule has 1 aromatic rings. The van der Waals surface area contributed by atoms with E-state index in [0.29, 0.717) is 30.4 Å². The van der Waals surface area contributed by atoms with E-state index >= 15 is 0 Å². The molecule has 0 saturated carbocycles. The Morgan fingerprint density at radius 1 is 1.28 bits per heavy atom. The molecule has 0 saturated heterocycles. The summed E-state index contributed by atoms with van der Waals surface area (Å²) in [6.07, 6.45) is 2.05. The van der Waals surface area contributed by atoms with Crippen molar-refractivity contribution in [3.8, 4) is 5.75 Å². The summed E-state index contributed by atoms with van der Waals surface area (Å²) >= 11 is 0. The highest BCUT2D eigenvalue weighted by molar-refractivity contribution is 5.92. The molecule has 0 aliphatic heterocycles. The molecule has 0 radical (unpaired) electrons. The zero-order chi connectivity index (χ0) is 13.4. The van der Waals surface area contributed by atoms with E-state index in [0.717, 1.165) is 12.8 Å². The second-order valence-electron chi connectivity index (χ2n) is 4.69. The van der Waals surface area contributed by atoms with Crippen molar-refractivity contribution >= 4 is 5.97 Å². The molecule has 0 N–H and O–H groups in total. The van der Waals surface area contributed by atoms with Crippen LogP contribution < -0.4 is 4.74 Å². The maximum absolute atomic E-state index is 11.9. The average Bonchev–Trinajstić information content (AvgIpc) is 2.37. The van der Waals surface area contributed by atoms with Crippen LogP contribution in [0.4, 0.5) is 0 Å². The zero-order valence-electron chi connectivity index (χ0n) is 11.4. The molecule has 0 heterocycles. The third-order valence-corrected chi connectivity index (χ3v) is 2.41.